The van der Waals surface area contributed by atoms with E-state index in [-0.39, 0.29) is 23.2 Å². The zero-order chi connectivity index (χ0) is 26.6. The Morgan fingerprint density at radius 3 is 2.47 bits per heavy atom. The normalized spacial score (nSPS) is 15.4. The molecule has 8 heteroatoms. The number of hydrogen-bond donors (Lipinski definition) is 2. The quantitative estimate of drug-likeness (QED) is 0.329. The Kier molecular flexibility index (Phi) is 7.51. The van der Waals surface area contributed by atoms with Crippen LogP contribution in [0, 0.1) is 0 Å². The Bertz CT molecular complexity index is 1480. The van der Waals surface area contributed by atoms with Crippen molar-refractivity contribution in [3.8, 4) is 11.5 Å². The van der Waals surface area contributed by atoms with Crippen molar-refractivity contribution >= 4 is 17.0 Å². The fraction of sp³-hybridized carbons (Fsp3) is 0.333. The van der Waals surface area contributed by atoms with E-state index in [1.165, 1.54) is 7.11 Å². The van der Waals surface area contributed by atoms with Crippen molar-refractivity contribution in [1.29, 1.82) is 0 Å². The molecule has 2 heterocycles. The summed E-state index contributed by atoms with van der Waals surface area (Å²) in [7, 11) is 3.17. The van der Waals surface area contributed by atoms with Gasteiger partial charge in [0.2, 0.25) is 0 Å². The molecule has 0 radical (unpaired) electrons. The SMILES string of the molecule is COc1cccc(C(CCN2CCC(n3c(=O)[nH]c4ccccc43)CC2)c2ccc(OC)cc2C(=O)O)c1. The highest BCUT2D eigenvalue weighted by Crippen LogP contribution is 2.35. The highest BCUT2D eigenvalue weighted by atomic mass is 16.5. The minimum Gasteiger partial charge on any atom is -0.497 e. The van der Waals surface area contributed by atoms with Crippen LogP contribution in [0.3, 0.4) is 0 Å². The van der Waals surface area contributed by atoms with Gasteiger partial charge in [-0.2, -0.15) is 0 Å². The monoisotopic (exact) mass is 515 g/mol. The first-order valence-electron chi connectivity index (χ1n) is 12.9. The molecule has 198 valence electrons. The number of likely N-dealkylation sites (tertiary alicyclic amines) is 1. The molecule has 1 aromatic heterocycles. The maximum absolute atomic E-state index is 12.7. The third kappa shape index (κ3) is 5.17. The summed E-state index contributed by atoms with van der Waals surface area (Å²) in [4.78, 5) is 30.2. The number of nitrogens with zero attached hydrogens (tertiary/aromatic N) is 2. The lowest BCUT2D eigenvalue weighted by Gasteiger charge is -2.33. The molecule has 8 nitrogen and oxygen atoms in total. The number of nitrogens with one attached hydrogen (secondary N) is 1. The maximum atomic E-state index is 12.7. The summed E-state index contributed by atoms with van der Waals surface area (Å²) in [5, 5.41) is 10.00. The molecule has 0 amide bonds. The fourth-order valence-electron chi connectivity index (χ4n) is 5.66. The lowest BCUT2D eigenvalue weighted by molar-refractivity contribution is 0.0694. The first-order valence-corrected chi connectivity index (χ1v) is 12.9. The van der Waals surface area contributed by atoms with Crippen LogP contribution in [0.5, 0.6) is 11.5 Å². The zero-order valence-corrected chi connectivity index (χ0v) is 21.7. The van der Waals surface area contributed by atoms with Gasteiger partial charge in [-0.15, -0.1) is 0 Å². The van der Waals surface area contributed by atoms with Crippen LogP contribution in [0.15, 0.2) is 71.5 Å². The van der Waals surface area contributed by atoms with Gasteiger partial charge in [-0.05, 0) is 73.3 Å². The fourth-order valence-corrected chi connectivity index (χ4v) is 5.66. The number of fused-ring (bicyclic) bond motifs is 1. The Morgan fingerprint density at radius 2 is 1.74 bits per heavy atom. The molecule has 0 saturated carbocycles. The predicted octanol–water partition coefficient (Wildman–Crippen LogP) is 4.90. The molecule has 5 rings (SSSR count). The number of rotatable bonds is 9. The number of carboxylic acid groups (broad SMARTS) is 1. The molecular weight excluding hydrogens is 482 g/mol. The molecule has 1 atom stereocenters. The summed E-state index contributed by atoms with van der Waals surface area (Å²) in [6.07, 6.45) is 2.51. The minimum absolute atomic E-state index is 0.0524. The summed E-state index contributed by atoms with van der Waals surface area (Å²) >= 11 is 0. The van der Waals surface area contributed by atoms with E-state index in [0.717, 1.165) is 66.8 Å². The van der Waals surface area contributed by atoms with Crippen molar-refractivity contribution in [3.05, 3.63) is 93.9 Å². The molecule has 1 unspecified atom stereocenters. The number of H-pyrrole nitrogens is 1. The summed E-state index contributed by atoms with van der Waals surface area (Å²) in [6.45, 7) is 2.55. The number of ether oxygens (including phenoxy) is 2. The van der Waals surface area contributed by atoms with Crippen LogP contribution < -0.4 is 15.2 Å². The lowest BCUT2D eigenvalue weighted by atomic mass is 9.85. The van der Waals surface area contributed by atoms with Gasteiger partial charge in [-0.25, -0.2) is 9.59 Å². The second kappa shape index (κ2) is 11.1. The lowest BCUT2D eigenvalue weighted by Crippen LogP contribution is -2.37. The summed E-state index contributed by atoms with van der Waals surface area (Å²) in [5.74, 6) is 0.154. The van der Waals surface area contributed by atoms with Gasteiger partial charge in [-0.3, -0.25) is 4.57 Å². The van der Waals surface area contributed by atoms with Crippen molar-refractivity contribution in [2.75, 3.05) is 33.9 Å². The van der Waals surface area contributed by atoms with Crippen molar-refractivity contribution in [3.63, 3.8) is 0 Å². The van der Waals surface area contributed by atoms with Gasteiger partial charge in [0.05, 0.1) is 30.8 Å². The molecule has 0 spiro atoms. The molecule has 38 heavy (non-hydrogen) atoms. The molecule has 0 bridgehead atoms. The molecule has 1 fully saturated rings. The van der Waals surface area contributed by atoms with Gasteiger partial charge < -0.3 is 24.5 Å². The second-order valence-electron chi connectivity index (χ2n) is 9.77. The Balaban J connectivity index is 1.35. The van der Waals surface area contributed by atoms with E-state index in [0.29, 0.717) is 5.75 Å². The molecule has 0 aliphatic carbocycles. The molecule has 2 N–H and O–H groups in total. The molecular formula is C30H33N3O5. The molecule has 4 aromatic rings. The highest BCUT2D eigenvalue weighted by Gasteiger charge is 2.26. The molecule has 1 aliphatic rings. The number of methoxy groups -OCH3 is 2. The number of para-hydroxylation sites is 2. The molecule has 1 aliphatic heterocycles. The van der Waals surface area contributed by atoms with E-state index in [1.54, 1.807) is 13.2 Å². The van der Waals surface area contributed by atoms with Gasteiger partial charge in [0.25, 0.3) is 0 Å². The Hall–Kier alpha value is -4.04. The average molecular weight is 516 g/mol. The van der Waals surface area contributed by atoms with Gasteiger partial charge in [0.1, 0.15) is 11.5 Å². The maximum Gasteiger partial charge on any atom is 0.336 e. The van der Waals surface area contributed by atoms with E-state index < -0.39 is 5.97 Å². The van der Waals surface area contributed by atoms with E-state index in [1.807, 2.05) is 65.2 Å². The standard InChI is InChI=1S/C30H33N3O5/c1-37-22-7-5-6-20(18-22)24(25-11-10-23(38-2)19-26(25)29(34)35)14-17-32-15-12-21(13-16-32)33-28-9-4-3-8-27(28)31-30(33)36/h3-11,18-19,21,24H,12-17H2,1-2H3,(H,31,36)(H,34,35). The van der Waals surface area contributed by atoms with Crippen molar-refractivity contribution in [1.82, 2.24) is 14.5 Å². The Morgan fingerprint density at radius 1 is 1.00 bits per heavy atom. The van der Waals surface area contributed by atoms with Crippen LogP contribution >= 0.6 is 0 Å². The minimum atomic E-state index is -0.975. The second-order valence-corrected chi connectivity index (χ2v) is 9.77. The number of aromatic nitrogens is 2. The number of benzene rings is 3. The van der Waals surface area contributed by atoms with Gasteiger partial charge in [-0.1, -0.05) is 30.3 Å². The third-order valence-corrected chi connectivity index (χ3v) is 7.64. The van der Waals surface area contributed by atoms with E-state index in [4.69, 9.17) is 9.47 Å². The smallest absolute Gasteiger partial charge is 0.336 e. The van der Waals surface area contributed by atoms with Crippen LogP contribution in [0.1, 0.15) is 52.7 Å². The number of aromatic amines is 1. The topological polar surface area (TPSA) is 96.8 Å². The van der Waals surface area contributed by atoms with Gasteiger partial charge in [0, 0.05) is 25.0 Å². The number of imidazole rings is 1. The van der Waals surface area contributed by atoms with E-state index >= 15 is 0 Å². The molecule has 3 aromatic carbocycles. The number of piperidine rings is 1. The average Bonchev–Trinajstić information content (AvgIpc) is 3.29. The Labute approximate surface area is 221 Å². The van der Waals surface area contributed by atoms with Gasteiger partial charge >= 0.3 is 11.7 Å². The first kappa shape index (κ1) is 25.6. The van der Waals surface area contributed by atoms with Crippen molar-refractivity contribution in [2.24, 2.45) is 0 Å². The largest absolute Gasteiger partial charge is 0.497 e. The predicted molar refractivity (Wildman–Crippen MR) is 147 cm³/mol. The van der Waals surface area contributed by atoms with Crippen LogP contribution in [0.4, 0.5) is 0 Å². The number of aromatic carboxylic acids is 1. The highest BCUT2D eigenvalue weighted by molar-refractivity contribution is 5.90. The number of hydrogen-bond acceptors (Lipinski definition) is 5. The van der Waals surface area contributed by atoms with Crippen molar-refractivity contribution in [2.45, 2.75) is 31.2 Å². The van der Waals surface area contributed by atoms with E-state index in [2.05, 4.69) is 9.88 Å². The van der Waals surface area contributed by atoms with Crippen LogP contribution in [-0.2, 0) is 0 Å². The number of carboxylic acids is 1. The van der Waals surface area contributed by atoms with E-state index in [9.17, 15) is 14.7 Å². The van der Waals surface area contributed by atoms with Crippen LogP contribution in [0.2, 0.25) is 0 Å². The van der Waals surface area contributed by atoms with Crippen LogP contribution in [-0.4, -0.2) is 59.4 Å². The molecule has 1 saturated heterocycles. The van der Waals surface area contributed by atoms with Gasteiger partial charge in [0.15, 0.2) is 0 Å². The first-order chi connectivity index (χ1) is 18.5. The van der Waals surface area contributed by atoms with Crippen LogP contribution in [0.25, 0.3) is 11.0 Å². The third-order valence-electron chi connectivity index (χ3n) is 7.64. The summed E-state index contributed by atoms with van der Waals surface area (Å²) in [6, 6.07) is 21.1. The summed E-state index contributed by atoms with van der Waals surface area (Å²) in [5.41, 5.74) is 3.78. The zero-order valence-electron chi connectivity index (χ0n) is 21.7. The number of carbonyl (C=O) groups is 1. The van der Waals surface area contributed by atoms with Crippen molar-refractivity contribution < 1.29 is 19.4 Å². The summed E-state index contributed by atoms with van der Waals surface area (Å²) < 4.78 is 12.7.